The van der Waals surface area contributed by atoms with Gasteiger partial charge in [-0.3, -0.25) is 4.90 Å². The van der Waals surface area contributed by atoms with Crippen LogP contribution in [0.25, 0.3) is 0 Å². The van der Waals surface area contributed by atoms with E-state index in [1.165, 1.54) is 4.88 Å². The van der Waals surface area contributed by atoms with Gasteiger partial charge in [-0.1, -0.05) is 11.8 Å². The van der Waals surface area contributed by atoms with Crippen molar-refractivity contribution in [1.29, 1.82) is 0 Å². The molecule has 0 aliphatic heterocycles. The first-order chi connectivity index (χ1) is 7.90. The highest BCUT2D eigenvalue weighted by molar-refractivity contribution is 7.10. The Bertz CT molecular complexity index is 409. The Hall–Kier alpha value is -0.860. The van der Waals surface area contributed by atoms with Gasteiger partial charge in [-0.25, -0.2) is 0 Å². The Morgan fingerprint density at radius 2 is 2.24 bits per heavy atom. The molecular formula is C13H20N2OS. The average Bonchev–Trinajstić information content (AvgIpc) is 2.59. The van der Waals surface area contributed by atoms with E-state index in [4.69, 9.17) is 5.73 Å². The molecule has 0 aromatic carbocycles. The van der Waals surface area contributed by atoms with Crippen molar-refractivity contribution in [3.8, 4) is 11.8 Å². The number of hydrogen-bond donors (Lipinski definition) is 2. The minimum absolute atomic E-state index is 0.393. The Morgan fingerprint density at radius 3 is 2.82 bits per heavy atom. The van der Waals surface area contributed by atoms with Gasteiger partial charge in [0.1, 0.15) is 0 Å². The van der Waals surface area contributed by atoms with E-state index in [-0.39, 0.29) is 0 Å². The standard InChI is InChI=1S/C13H20N2OS/c1-13(2,16)10-15(3)8-12-7-11(9-17-12)5-4-6-14/h7,9,16H,6,8,10,14H2,1-3H3. The molecule has 0 spiro atoms. The quantitative estimate of drug-likeness (QED) is 0.793. The maximum Gasteiger partial charge on any atom is 0.0718 e. The predicted octanol–water partition coefficient (Wildman–Crippen LogP) is 1.26. The molecule has 94 valence electrons. The summed E-state index contributed by atoms with van der Waals surface area (Å²) in [6.45, 7) is 5.50. The Balaban J connectivity index is 2.54. The van der Waals surface area contributed by atoms with Crippen molar-refractivity contribution in [3.63, 3.8) is 0 Å². The van der Waals surface area contributed by atoms with Crippen molar-refractivity contribution in [2.45, 2.75) is 26.0 Å². The molecule has 0 saturated carbocycles. The van der Waals surface area contributed by atoms with Gasteiger partial charge < -0.3 is 10.8 Å². The van der Waals surface area contributed by atoms with Crippen LogP contribution in [0.4, 0.5) is 0 Å². The molecule has 0 atom stereocenters. The van der Waals surface area contributed by atoms with Gasteiger partial charge in [0.15, 0.2) is 0 Å². The second-order valence-electron chi connectivity index (χ2n) is 4.79. The van der Waals surface area contributed by atoms with Gasteiger partial charge in [0.25, 0.3) is 0 Å². The summed E-state index contributed by atoms with van der Waals surface area (Å²) in [5.41, 5.74) is 5.69. The fraction of sp³-hybridized carbons (Fsp3) is 0.538. The van der Waals surface area contributed by atoms with Crippen LogP contribution in [-0.4, -0.2) is 35.7 Å². The molecule has 0 aliphatic carbocycles. The van der Waals surface area contributed by atoms with Crippen LogP contribution in [0, 0.1) is 11.8 Å². The monoisotopic (exact) mass is 252 g/mol. The summed E-state index contributed by atoms with van der Waals surface area (Å²) in [6.07, 6.45) is 0. The molecular weight excluding hydrogens is 232 g/mol. The Morgan fingerprint density at radius 1 is 1.53 bits per heavy atom. The van der Waals surface area contributed by atoms with Crippen LogP contribution in [0.15, 0.2) is 11.4 Å². The highest BCUT2D eigenvalue weighted by Gasteiger charge is 2.15. The minimum Gasteiger partial charge on any atom is -0.389 e. The van der Waals surface area contributed by atoms with E-state index in [1.54, 1.807) is 11.3 Å². The second-order valence-corrected chi connectivity index (χ2v) is 5.79. The zero-order valence-corrected chi connectivity index (χ0v) is 11.5. The van der Waals surface area contributed by atoms with E-state index < -0.39 is 5.60 Å². The number of nitrogens with two attached hydrogens (primary N) is 1. The third-order valence-corrected chi connectivity index (χ3v) is 2.99. The van der Waals surface area contributed by atoms with Crippen LogP contribution in [0.5, 0.6) is 0 Å². The fourth-order valence-electron chi connectivity index (χ4n) is 1.66. The van der Waals surface area contributed by atoms with E-state index in [2.05, 4.69) is 22.8 Å². The number of aliphatic hydroxyl groups is 1. The highest BCUT2D eigenvalue weighted by Crippen LogP contribution is 2.16. The first kappa shape index (κ1) is 14.2. The van der Waals surface area contributed by atoms with Crippen molar-refractivity contribution in [1.82, 2.24) is 4.90 Å². The maximum absolute atomic E-state index is 9.71. The molecule has 1 aromatic heterocycles. The van der Waals surface area contributed by atoms with Gasteiger partial charge in [-0.2, -0.15) is 0 Å². The normalized spacial score (nSPS) is 11.4. The SMILES string of the molecule is CN(Cc1cc(C#CCN)cs1)CC(C)(C)O. The van der Waals surface area contributed by atoms with Gasteiger partial charge in [0.2, 0.25) is 0 Å². The molecule has 4 heteroatoms. The molecule has 0 saturated heterocycles. The predicted molar refractivity (Wildman–Crippen MR) is 72.9 cm³/mol. The van der Waals surface area contributed by atoms with Crippen molar-refractivity contribution in [2.24, 2.45) is 5.73 Å². The largest absolute Gasteiger partial charge is 0.389 e. The van der Waals surface area contributed by atoms with E-state index >= 15 is 0 Å². The lowest BCUT2D eigenvalue weighted by atomic mass is 10.1. The van der Waals surface area contributed by atoms with E-state index in [9.17, 15) is 5.11 Å². The number of nitrogens with zero attached hydrogens (tertiary/aromatic N) is 1. The van der Waals surface area contributed by atoms with Crippen LogP contribution in [0.1, 0.15) is 24.3 Å². The zero-order chi connectivity index (χ0) is 12.9. The third kappa shape index (κ3) is 5.85. The van der Waals surface area contributed by atoms with Gasteiger partial charge in [-0.05, 0) is 27.0 Å². The van der Waals surface area contributed by atoms with Crippen molar-refractivity contribution in [2.75, 3.05) is 20.1 Å². The molecule has 0 bridgehead atoms. The highest BCUT2D eigenvalue weighted by atomic mass is 32.1. The van der Waals surface area contributed by atoms with Crippen molar-refractivity contribution >= 4 is 11.3 Å². The zero-order valence-electron chi connectivity index (χ0n) is 10.7. The molecule has 17 heavy (non-hydrogen) atoms. The van der Waals surface area contributed by atoms with Gasteiger partial charge >= 0.3 is 0 Å². The summed E-state index contributed by atoms with van der Waals surface area (Å²) in [5.74, 6) is 5.85. The molecule has 3 N–H and O–H groups in total. The van der Waals surface area contributed by atoms with E-state index in [0.29, 0.717) is 13.1 Å². The van der Waals surface area contributed by atoms with Gasteiger partial charge in [0, 0.05) is 28.9 Å². The summed E-state index contributed by atoms with van der Waals surface area (Å²) >= 11 is 1.69. The number of thiophene rings is 1. The minimum atomic E-state index is -0.659. The van der Waals surface area contributed by atoms with Gasteiger partial charge in [-0.15, -0.1) is 11.3 Å². The Kier molecular flexibility index (Phi) is 5.16. The summed E-state index contributed by atoms with van der Waals surface area (Å²) in [6, 6.07) is 2.08. The molecule has 1 rings (SSSR count). The topological polar surface area (TPSA) is 49.5 Å². The van der Waals surface area contributed by atoms with E-state index in [1.807, 2.05) is 26.3 Å². The lowest BCUT2D eigenvalue weighted by molar-refractivity contribution is 0.0427. The van der Waals surface area contributed by atoms with Crippen LogP contribution >= 0.6 is 11.3 Å². The van der Waals surface area contributed by atoms with Crippen LogP contribution < -0.4 is 5.73 Å². The smallest absolute Gasteiger partial charge is 0.0718 e. The maximum atomic E-state index is 9.71. The van der Waals surface area contributed by atoms with Gasteiger partial charge in [0.05, 0.1) is 12.1 Å². The molecule has 1 aromatic rings. The lowest BCUT2D eigenvalue weighted by Crippen LogP contribution is -2.35. The molecule has 0 aliphatic rings. The van der Waals surface area contributed by atoms with Crippen molar-refractivity contribution < 1.29 is 5.11 Å². The summed E-state index contributed by atoms with van der Waals surface area (Å²) in [5, 5.41) is 11.8. The molecule has 0 fully saturated rings. The van der Waals surface area contributed by atoms with E-state index in [0.717, 1.165) is 12.1 Å². The van der Waals surface area contributed by atoms with Crippen LogP contribution in [0.2, 0.25) is 0 Å². The molecule has 0 radical (unpaired) electrons. The number of likely N-dealkylation sites (N-methyl/N-ethyl adjacent to an activating group) is 1. The molecule has 3 nitrogen and oxygen atoms in total. The third-order valence-electron chi connectivity index (χ3n) is 2.07. The lowest BCUT2D eigenvalue weighted by Gasteiger charge is -2.24. The summed E-state index contributed by atoms with van der Waals surface area (Å²) < 4.78 is 0. The fourth-order valence-corrected chi connectivity index (χ4v) is 2.56. The summed E-state index contributed by atoms with van der Waals surface area (Å²) in [4.78, 5) is 3.35. The molecule has 0 amide bonds. The Labute approximate surface area is 107 Å². The second kappa shape index (κ2) is 6.18. The van der Waals surface area contributed by atoms with Crippen molar-refractivity contribution in [3.05, 3.63) is 21.9 Å². The number of hydrogen-bond acceptors (Lipinski definition) is 4. The first-order valence-corrected chi connectivity index (χ1v) is 6.46. The van der Waals surface area contributed by atoms with Crippen LogP contribution in [-0.2, 0) is 6.54 Å². The van der Waals surface area contributed by atoms with Crippen LogP contribution in [0.3, 0.4) is 0 Å². The average molecular weight is 252 g/mol. The number of rotatable bonds is 4. The first-order valence-electron chi connectivity index (χ1n) is 5.58. The summed E-state index contributed by atoms with van der Waals surface area (Å²) in [7, 11) is 2.00. The molecule has 1 heterocycles. The molecule has 0 unspecified atom stereocenters.